The third-order valence-corrected chi connectivity index (χ3v) is 5.23. The van der Waals surface area contributed by atoms with Crippen LogP contribution < -0.4 is 10.5 Å². The number of aromatic nitrogens is 1. The van der Waals surface area contributed by atoms with Crippen molar-refractivity contribution in [2.75, 3.05) is 6.61 Å². The maximum absolute atomic E-state index is 14.4. The Kier molecular flexibility index (Phi) is 7.40. The average Bonchev–Trinajstić information content (AvgIpc) is 3.20. The first kappa shape index (κ1) is 24.6. The van der Waals surface area contributed by atoms with Crippen LogP contribution in [0.25, 0.3) is 11.1 Å². The van der Waals surface area contributed by atoms with Crippen LogP contribution in [-0.2, 0) is 15.1 Å². The summed E-state index contributed by atoms with van der Waals surface area (Å²) in [6, 6.07) is 13.8. The van der Waals surface area contributed by atoms with Crippen molar-refractivity contribution in [2.24, 2.45) is 10.7 Å². The predicted molar refractivity (Wildman–Crippen MR) is 119 cm³/mol. The van der Waals surface area contributed by atoms with Crippen molar-refractivity contribution in [3.8, 4) is 16.9 Å². The summed E-state index contributed by atoms with van der Waals surface area (Å²) in [6.07, 6.45) is 1.46. The highest BCUT2D eigenvalue weighted by Gasteiger charge is 2.40. The Hall–Kier alpha value is -4.08. The standard InChI is InChI=1S/C23H20F3N3O2.CH2O2/c1-13-8-18(20(24)28-11-13)15-4-3-5-16(10-15)23(12-30-22(27)29-23)17-6-7-19(14(2)9-17)31-21(25)26;2-1-3/h3-11,21H,12H2,1-2H3,(H2,27,29);1H,(H,2,3). The van der Waals surface area contributed by atoms with E-state index < -0.39 is 18.1 Å². The summed E-state index contributed by atoms with van der Waals surface area (Å²) in [4.78, 5) is 16.7. The minimum absolute atomic E-state index is 0.0133. The monoisotopic (exact) mass is 473 g/mol. The summed E-state index contributed by atoms with van der Waals surface area (Å²) >= 11 is 0. The zero-order chi connectivity index (χ0) is 24.9. The molecule has 1 aliphatic rings. The summed E-state index contributed by atoms with van der Waals surface area (Å²) in [5, 5.41) is 6.89. The van der Waals surface area contributed by atoms with Gasteiger partial charge in [-0.05, 0) is 65.9 Å². The summed E-state index contributed by atoms with van der Waals surface area (Å²) in [5.74, 6) is -0.502. The fourth-order valence-electron chi connectivity index (χ4n) is 3.73. The lowest BCUT2D eigenvalue weighted by atomic mass is 9.82. The second-order valence-corrected chi connectivity index (χ2v) is 7.50. The molecule has 1 aliphatic heterocycles. The van der Waals surface area contributed by atoms with Gasteiger partial charge in [-0.2, -0.15) is 13.2 Å². The van der Waals surface area contributed by atoms with Gasteiger partial charge >= 0.3 is 6.61 Å². The minimum atomic E-state index is -2.92. The van der Waals surface area contributed by atoms with E-state index in [0.717, 1.165) is 5.56 Å². The molecule has 4 rings (SSSR count). The van der Waals surface area contributed by atoms with Crippen molar-refractivity contribution in [3.63, 3.8) is 0 Å². The van der Waals surface area contributed by atoms with Gasteiger partial charge in [0.1, 0.15) is 12.4 Å². The Labute approximate surface area is 193 Å². The van der Waals surface area contributed by atoms with Gasteiger partial charge in [0.05, 0.1) is 0 Å². The second-order valence-electron chi connectivity index (χ2n) is 7.50. The van der Waals surface area contributed by atoms with Crippen molar-refractivity contribution < 1.29 is 32.5 Å². The van der Waals surface area contributed by atoms with Crippen molar-refractivity contribution >= 4 is 12.5 Å². The van der Waals surface area contributed by atoms with E-state index in [-0.39, 0.29) is 24.9 Å². The SMILES string of the molecule is Cc1cnc(F)c(-c2cccc(C3(c4ccc(OC(F)F)c(C)c4)COC(N)=N3)c2)c1.O=CO. The number of hydrogen-bond acceptors (Lipinski definition) is 6. The van der Waals surface area contributed by atoms with Crippen LogP contribution in [0.15, 0.2) is 59.7 Å². The average molecular weight is 473 g/mol. The van der Waals surface area contributed by atoms with E-state index in [1.165, 1.54) is 12.3 Å². The number of ether oxygens (including phenoxy) is 2. The minimum Gasteiger partial charge on any atom is -0.483 e. The number of aliphatic imine (C=N–C) groups is 1. The van der Waals surface area contributed by atoms with Gasteiger partial charge in [0.25, 0.3) is 12.5 Å². The van der Waals surface area contributed by atoms with Gasteiger partial charge in [-0.25, -0.2) is 9.98 Å². The van der Waals surface area contributed by atoms with Crippen LogP contribution in [0.3, 0.4) is 0 Å². The summed E-state index contributed by atoms with van der Waals surface area (Å²) in [5.41, 5.74) is 8.57. The molecular formula is C24H22F3N3O4. The molecule has 178 valence electrons. The number of hydrogen-bond donors (Lipinski definition) is 2. The highest BCUT2D eigenvalue weighted by Crippen LogP contribution is 2.40. The summed E-state index contributed by atoms with van der Waals surface area (Å²) < 4.78 is 49.7. The van der Waals surface area contributed by atoms with Crippen LogP contribution in [0.4, 0.5) is 13.2 Å². The van der Waals surface area contributed by atoms with Gasteiger partial charge < -0.3 is 20.3 Å². The molecule has 0 spiro atoms. The normalized spacial score (nSPS) is 16.8. The number of nitrogens with zero attached hydrogens (tertiary/aromatic N) is 2. The number of pyridine rings is 1. The lowest BCUT2D eigenvalue weighted by molar-refractivity contribution is -0.122. The fourth-order valence-corrected chi connectivity index (χ4v) is 3.73. The number of benzene rings is 2. The lowest BCUT2D eigenvalue weighted by Gasteiger charge is -2.26. The van der Waals surface area contributed by atoms with E-state index in [2.05, 4.69) is 14.7 Å². The Balaban J connectivity index is 0.00000103. The molecule has 0 bridgehead atoms. The first-order chi connectivity index (χ1) is 16.2. The molecule has 2 aromatic carbocycles. The van der Waals surface area contributed by atoms with Gasteiger partial charge in [-0.3, -0.25) is 4.79 Å². The third kappa shape index (κ3) is 5.11. The molecule has 1 atom stereocenters. The molecule has 0 fully saturated rings. The number of alkyl halides is 2. The molecule has 1 aromatic heterocycles. The molecule has 7 nitrogen and oxygen atoms in total. The van der Waals surface area contributed by atoms with Gasteiger partial charge in [0, 0.05) is 11.8 Å². The number of nitrogens with two attached hydrogens (primary N) is 1. The van der Waals surface area contributed by atoms with Crippen LogP contribution in [-0.4, -0.2) is 35.8 Å². The Morgan fingerprint density at radius 1 is 1.18 bits per heavy atom. The van der Waals surface area contributed by atoms with E-state index in [9.17, 15) is 13.2 Å². The predicted octanol–water partition coefficient (Wildman–Crippen LogP) is 4.40. The molecular weight excluding hydrogens is 451 g/mol. The highest BCUT2D eigenvalue weighted by molar-refractivity contribution is 5.76. The molecule has 0 saturated carbocycles. The van der Waals surface area contributed by atoms with E-state index in [4.69, 9.17) is 20.4 Å². The zero-order valence-corrected chi connectivity index (χ0v) is 18.3. The highest BCUT2D eigenvalue weighted by atomic mass is 19.3. The molecule has 2 heterocycles. The van der Waals surface area contributed by atoms with Gasteiger partial charge in [-0.15, -0.1) is 0 Å². The number of amidine groups is 1. The molecule has 0 saturated heterocycles. The van der Waals surface area contributed by atoms with E-state index in [1.807, 2.05) is 19.1 Å². The molecule has 3 aromatic rings. The second kappa shape index (κ2) is 10.2. The van der Waals surface area contributed by atoms with E-state index in [1.54, 1.807) is 37.3 Å². The van der Waals surface area contributed by atoms with Crippen LogP contribution in [0.2, 0.25) is 0 Å². The van der Waals surface area contributed by atoms with Crippen LogP contribution in [0, 0.1) is 19.8 Å². The topological polar surface area (TPSA) is 107 Å². The first-order valence-corrected chi connectivity index (χ1v) is 10.0. The number of carboxylic acid groups (broad SMARTS) is 1. The Bertz CT molecular complexity index is 1220. The fraction of sp³-hybridized carbons (Fsp3) is 0.208. The van der Waals surface area contributed by atoms with Crippen LogP contribution >= 0.6 is 0 Å². The van der Waals surface area contributed by atoms with Gasteiger partial charge in [0.15, 0.2) is 5.54 Å². The largest absolute Gasteiger partial charge is 0.483 e. The number of aryl methyl sites for hydroxylation is 2. The summed E-state index contributed by atoms with van der Waals surface area (Å²) in [7, 11) is 0. The summed E-state index contributed by atoms with van der Waals surface area (Å²) in [6.45, 7) is 0.451. The number of halogens is 3. The quantitative estimate of drug-likeness (QED) is 0.420. The van der Waals surface area contributed by atoms with Crippen LogP contribution in [0.5, 0.6) is 5.75 Å². The number of rotatable bonds is 5. The molecule has 0 amide bonds. The van der Waals surface area contributed by atoms with Gasteiger partial charge in [0.2, 0.25) is 5.95 Å². The Morgan fingerprint density at radius 2 is 1.88 bits per heavy atom. The van der Waals surface area contributed by atoms with Crippen molar-refractivity contribution in [3.05, 3.63) is 82.9 Å². The third-order valence-electron chi connectivity index (χ3n) is 5.23. The van der Waals surface area contributed by atoms with E-state index in [0.29, 0.717) is 27.8 Å². The van der Waals surface area contributed by atoms with Crippen molar-refractivity contribution in [1.82, 2.24) is 4.98 Å². The molecule has 1 unspecified atom stereocenters. The zero-order valence-electron chi connectivity index (χ0n) is 18.3. The maximum atomic E-state index is 14.4. The maximum Gasteiger partial charge on any atom is 0.387 e. The molecule has 0 aliphatic carbocycles. The first-order valence-electron chi connectivity index (χ1n) is 10.0. The van der Waals surface area contributed by atoms with E-state index >= 15 is 0 Å². The lowest BCUT2D eigenvalue weighted by Crippen LogP contribution is -2.27. The molecule has 0 radical (unpaired) electrons. The molecule has 10 heteroatoms. The van der Waals surface area contributed by atoms with Crippen molar-refractivity contribution in [2.45, 2.75) is 26.0 Å². The molecule has 34 heavy (non-hydrogen) atoms. The molecule has 3 N–H and O–H groups in total. The number of carbonyl (C=O) groups is 1. The van der Waals surface area contributed by atoms with Crippen molar-refractivity contribution in [1.29, 1.82) is 0 Å². The van der Waals surface area contributed by atoms with Crippen LogP contribution in [0.1, 0.15) is 22.3 Å². The van der Waals surface area contributed by atoms with Gasteiger partial charge in [-0.1, -0.05) is 24.3 Å². The smallest absolute Gasteiger partial charge is 0.387 e. The Morgan fingerprint density at radius 3 is 2.50 bits per heavy atom.